The Kier molecular flexibility index (Phi) is 7.50. The molecule has 0 spiro atoms. The van der Waals surface area contributed by atoms with E-state index >= 15 is 0 Å². The standard InChI is InChI=1S/C21H21N3O5S2/c1-3-29-20(27)14-11-16(13-7-5-4-6-8-13)31-18(14)22-12-15-17(25)23-21(30)24(19(15)26)9-10-28-2/h4-8,11-12,26H,3,9-10H2,1-2H3,(H,23,25,30)/b22-12+. The number of benzene rings is 1. The van der Waals surface area contributed by atoms with Gasteiger partial charge >= 0.3 is 5.97 Å². The lowest BCUT2D eigenvalue weighted by atomic mass is 10.1. The first-order valence-electron chi connectivity index (χ1n) is 9.41. The van der Waals surface area contributed by atoms with Gasteiger partial charge in [0.2, 0.25) is 5.88 Å². The number of nitrogens with zero attached hydrogens (tertiary/aromatic N) is 2. The number of thiophene rings is 1. The summed E-state index contributed by atoms with van der Waals surface area (Å²) in [5, 5.41) is 10.9. The first-order chi connectivity index (χ1) is 15.0. The number of rotatable bonds is 8. The maximum Gasteiger partial charge on any atom is 0.341 e. The van der Waals surface area contributed by atoms with Gasteiger partial charge in [0, 0.05) is 18.2 Å². The Labute approximate surface area is 187 Å². The van der Waals surface area contributed by atoms with Gasteiger partial charge in [-0.25, -0.2) is 9.79 Å². The molecule has 0 fully saturated rings. The Morgan fingerprint density at radius 3 is 2.77 bits per heavy atom. The van der Waals surface area contributed by atoms with Gasteiger partial charge in [-0.1, -0.05) is 30.3 Å². The molecule has 8 nitrogen and oxygen atoms in total. The number of aromatic amines is 1. The van der Waals surface area contributed by atoms with E-state index in [0.29, 0.717) is 11.6 Å². The quantitative estimate of drug-likeness (QED) is 0.301. The number of hydrogen-bond acceptors (Lipinski definition) is 8. The van der Waals surface area contributed by atoms with Gasteiger partial charge < -0.3 is 14.6 Å². The van der Waals surface area contributed by atoms with Gasteiger partial charge in [-0.2, -0.15) is 0 Å². The molecule has 2 N–H and O–H groups in total. The second-order valence-electron chi connectivity index (χ2n) is 6.32. The number of esters is 1. The van der Waals surface area contributed by atoms with Crippen LogP contribution in [0, 0.1) is 4.77 Å². The molecular weight excluding hydrogens is 438 g/mol. The lowest BCUT2D eigenvalue weighted by Gasteiger charge is -2.10. The number of aromatic nitrogens is 2. The molecule has 0 aliphatic carbocycles. The van der Waals surface area contributed by atoms with Gasteiger partial charge in [0.05, 0.1) is 25.3 Å². The molecule has 3 rings (SSSR count). The van der Waals surface area contributed by atoms with E-state index < -0.39 is 11.5 Å². The molecule has 2 aromatic heterocycles. The molecule has 2 heterocycles. The Balaban J connectivity index is 2.05. The van der Waals surface area contributed by atoms with E-state index in [1.807, 2.05) is 30.3 Å². The van der Waals surface area contributed by atoms with Crippen LogP contribution in [0.25, 0.3) is 10.4 Å². The van der Waals surface area contributed by atoms with Gasteiger partial charge in [0.15, 0.2) is 4.77 Å². The third kappa shape index (κ3) is 5.16. The highest BCUT2D eigenvalue weighted by Gasteiger charge is 2.18. The molecule has 0 saturated carbocycles. The van der Waals surface area contributed by atoms with Crippen LogP contribution in [0.3, 0.4) is 0 Å². The molecule has 0 atom stereocenters. The van der Waals surface area contributed by atoms with Crippen molar-refractivity contribution in [2.75, 3.05) is 20.3 Å². The van der Waals surface area contributed by atoms with Crippen LogP contribution in [-0.4, -0.2) is 47.2 Å². The average Bonchev–Trinajstić information content (AvgIpc) is 3.18. The summed E-state index contributed by atoms with van der Waals surface area (Å²) in [7, 11) is 1.52. The van der Waals surface area contributed by atoms with Crippen molar-refractivity contribution in [3.63, 3.8) is 0 Å². The highest BCUT2D eigenvalue weighted by Crippen LogP contribution is 2.37. The second-order valence-corrected chi connectivity index (χ2v) is 7.73. The molecule has 0 amide bonds. The topological polar surface area (TPSA) is 106 Å². The zero-order valence-electron chi connectivity index (χ0n) is 17.0. The van der Waals surface area contributed by atoms with Gasteiger partial charge in [0.25, 0.3) is 5.56 Å². The van der Waals surface area contributed by atoms with Crippen LogP contribution in [-0.2, 0) is 16.0 Å². The first-order valence-corrected chi connectivity index (χ1v) is 10.6. The van der Waals surface area contributed by atoms with Crippen LogP contribution < -0.4 is 5.56 Å². The minimum absolute atomic E-state index is 0.0748. The molecule has 3 aromatic rings. The fourth-order valence-corrected chi connectivity index (χ4v) is 4.05. The lowest BCUT2D eigenvalue weighted by Crippen LogP contribution is -2.20. The summed E-state index contributed by atoms with van der Waals surface area (Å²) in [6.07, 6.45) is 1.22. The van der Waals surface area contributed by atoms with E-state index in [9.17, 15) is 14.7 Å². The molecule has 10 heteroatoms. The van der Waals surface area contributed by atoms with Crippen LogP contribution in [0.4, 0.5) is 5.00 Å². The molecule has 31 heavy (non-hydrogen) atoms. The number of H-pyrrole nitrogens is 1. The molecule has 162 valence electrons. The summed E-state index contributed by atoms with van der Waals surface area (Å²) >= 11 is 6.39. The largest absolute Gasteiger partial charge is 0.494 e. The number of aromatic hydroxyl groups is 1. The van der Waals surface area contributed by atoms with Crippen LogP contribution in [0.2, 0.25) is 0 Å². The number of hydrogen-bond donors (Lipinski definition) is 2. The van der Waals surface area contributed by atoms with Gasteiger partial charge in [0.1, 0.15) is 10.6 Å². The number of carbonyl (C=O) groups is 1. The molecule has 0 saturated heterocycles. The smallest absolute Gasteiger partial charge is 0.341 e. The summed E-state index contributed by atoms with van der Waals surface area (Å²) in [5.41, 5.74) is 0.546. The second kappa shape index (κ2) is 10.3. The van der Waals surface area contributed by atoms with E-state index in [0.717, 1.165) is 10.4 Å². The van der Waals surface area contributed by atoms with Crippen molar-refractivity contribution >= 4 is 40.7 Å². The average molecular weight is 460 g/mol. The summed E-state index contributed by atoms with van der Waals surface area (Å²) in [6, 6.07) is 11.3. The van der Waals surface area contributed by atoms with Crippen LogP contribution in [0.1, 0.15) is 22.8 Å². The number of methoxy groups -OCH3 is 1. The summed E-state index contributed by atoms with van der Waals surface area (Å²) in [4.78, 5) is 32.4. The number of aliphatic imine (C=N–C) groups is 1. The maximum atomic E-state index is 12.4. The first kappa shape index (κ1) is 22.6. The van der Waals surface area contributed by atoms with Crippen molar-refractivity contribution in [1.29, 1.82) is 0 Å². The summed E-state index contributed by atoms with van der Waals surface area (Å²) in [6.45, 7) is 2.49. The van der Waals surface area contributed by atoms with Crippen molar-refractivity contribution in [2.24, 2.45) is 4.99 Å². The summed E-state index contributed by atoms with van der Waals surface area (Å²) < 4.78 is 11.6. The van der Waals surface area contributed by atoms with Crippen LogP contribution in [0.5, 0.6) is 5.88 Å². The van der Waals surface area contributed by atoms with Gasteiger partial charge in [-0.3, -0.25) is 14.3 Å². The van der Waals surface area contributed by atoms with E-state index in [2.05, 4.69) is 9.98 Å². The molecular formula is C21H21N3O5S2. The Hall–Kier alpha value is -3.08. The molecule has 0 radical (unpaired) electrons. The van der Waals surface area contributed by atoms with Crippen molar-refractivity contribution < 1.29 is 19.4 Å². The van der Waals surface area contributed by atoms with E-state index in [1.165, 1.54) is 29.2 Å². The highest BCUT2D eigenvalue weighted by molar-refractivity contribution is 7.71. The predicted octanol–water partition coefficient (Wildman–Crippen LogP) is 3.91. The fourth-order valence-electron chi connectivity index (χ4n) is 2.78. The lowest BCUT2D eigenvalue weighted by molar-refractivity contribution is 0.0528. The third-order valence-corrected chi connectivity index (χ3v) is 5.72. The summed E-state index contributed by atoms with van der Waals surface area (Å²) in [5.74, 6) is -0.839. The molecule has 0 aliphatic rings. The van der Waals surface area contributed by atoms with Crippen molar-refractivity contribution in [3.8, 4) is 16.3 Å². The van der Waals surface area contributed by atoms with Crippen molar-refractivity contribution in [2.45, 2.75) is 13.5 Å². The number of ether oxygens (including phenoxy) is 2. The van der Waals surface area contributed by atoms with E-state index in [-0.39, 0.29) is 34.9 Å². The molecule has 0 aliphatic heterocycles. The van der Waals surface area contributed by atoms with Crippen molar-refractivity contribution in [3.05, 3.63) is 62.6 Å². The van der Waals surface area contributed by atoms with E-state index in [4.69, 9.17) is 21.7 Å². The molecule has 0 bridgehead atoms. The number of carbonyl (C=O) groups excluding carboxylic acids is 1. The number of nitrogens with one attached hydrogen (secondary N) is 1. The SMILES string of the molecule is CCOC(=O)c1cc(-c2ccccc2)sc1/N=C/c1c(O)n(CCOC)c(=S)[nH]c1=O. The third-order valence-electron chi connectivity index (χ3n) is 4.30. The zero-order valence-corrected chi connectivity index (χ0v) is 18.6. The van der Waals surface area contributed by atoms with Crippen LogP contribution in [0.15, 0.2) is 46.2 Å². The normalized spacial score (nSPS) is 11.2. The Morgan fingerprint density at radius 1 is 1.35 bits per heavy atom. The maximum absolute atomic E-state index is 12.4. The predicted molar refractivity (Wildman–Crippen MR) is 122 cm³/mol. The molecule has 0 unspecified atom stereocenters. The zero-order chi connectivity index (χ0) is 22.4. The van der Waals surface area contributed by atoms with Crippen molar-refractivity contribution in [1.82, 2.24) is 9.55 Å². The Morgan fingerprint density at radius 2 is 2.10 bits per heavy atom. The minimum atomic E-state index is -0.586. The van der Waals surface area contributed by atoms with Gasteiger partial charge in [-0.05, 0) is 30.8 Å². The molecule has 1 aromatic carbocycles. The monoisotopic (exact) mass is 459 g/mol. The highest BCUT2D eigenvalue weighted by atomic mass is 32.1. The van der Waals surface area contributed by atoms with E-state index in [1.54, 1.807) is 13.0 Å². The van der Waals surface area contributed by atoms with Gasteiger partial charge in [-0.15, -0.1) is 11.3 Å². The minimum Gasteiger partial charge on any atom is -0.494 e. The Bertz CT molecular complexity index is 1210. The van der Waals surface area contributed by atoms with Crippen LogP contribution >= 0.6 is 23.6 Å². The fraction of sp³-hybridized carbons (Fsp3) is 0.238.